The molecule has 100 valence electrons. The Kier molecular flexibility index (Phi) is 4.34. The van der Waals surface area contributed by atoms with Crippen molar-refractivity contribution in [1.82, 2.24) is 9.55 Å². The highest BCUT2D eigenvalue weighted by Gasteiger charge is 2.09. The summed E-state index contributed by atoms with van der Waals surface area (Å²) in [5.41, 5.74) is 0.660. The maximum absolute atomic E-state index is 11.8. The van der Waals surface area contributed by atoms with Crippen LogP contribution in [0.4, 0.5) is 0 Å². The molecule has 0 atom stereocenters. The summed E-state index contributed by atoms with van der Waals surface area (Å²) in [4.78, 5) is 15.9. The van der Waals surface area contributed by atoms with Crippen molar-refractivity contribution in [2.24, 2.45) is 0 Å². The molecular weight excluding hydrogens is 240 g/mol. The van der Waals surface area contributed by atoms with Crippen molar-refractivity contribution in [2.45, 2.75) is 26.8 Å². The van der Waals surface area contributed by atoms with E-state index in [0.717, 1.165) is 12.4 Å². The van der Waals surface area contributed by atoms with Gasteiger partial charge in [0.25, 0.3) is 0 Å². The molecule has 0 aliphatic rings. The first kappa shape index (κ1) is 13.3. The highest BCUT2D eigenvalue weighted by Crippen LogP contribution is 2.19. The first-order valence-corrected chi connectivity index (χ1v) is 6.45. The van der Waals surface area contributed by atoms with Crippen LogP contribution in [0.3, 0.4) is 0 Å². The standard InChI is InChI=1S/C15H18N2O2/c1-3-14(18)13-6-4-5-7-15(13)19-11-10-17-9-8-16-12(17)2/h4-9H,3,10-11H2,1-2H3. The molecule has 0 saturated heterocycles. The van der Waals surface area contributed by atoms with Crippen molar-refractivity contribution in [3.8, 4) is 5.75 Å². The van der Waals surface area contributed by atoms with Gasteiger partial charge in [0.2, 0.25) is 0 Å². The molecule has 0 amide bonds. The highest BCUT2D eigenvalue weighted by atomic mass is 16.5. The number of ether oxygens (including phenoxy) is 1. The highest BCUT2D eigenvalue weighted by molar-refractivity contribution is 5.98. The minimum Gasteiger partial charge on any atom is -0.491 e. The molecule has 1 aromatic heterocycles. The zero-order chi connectivity index (χ0) is 13.7. The number of imidazole rings is 1. The summed E-state index contributed by atoms with van der Waals surface area (Å²) in [6.07, 6.45) is 4.17. The molecule has 0 bridgehead atoms. The zero-order valence-corrected chi connectivity index (χ0v) is 11.3. The number of rotatable bonds is 6. The number of Topliss-reactive ketones (excluding diaryl/α,β-unsaturated/α-hetero) is 1. The summed E-state index contributed by atoms with van der Waals surface area (Å²) in [7, 11) is 0. The van der Waals surface area contributed by atoms with E-state index in [9.17, 15) is 4.79 Å². The Hall–Kier alpha value is -2.10. The maximum atomic E-state index is 11.8. The van der Waals surface area contributed by atoms with Crippen LogP contribution in [0.1, 0.15) is 29.5 Å². The van der Waals surface area contributed by atoms with E-state index in [4.69, 9.17) is 4.74 Å². The van der Waals surface area contributed by atoms with Crippen LogP contribution in [0.5, 0.6) is 5.75 Å². The third-order valence-corrected chi connectivity index (χ3v) is 3.02. The smallest absolute Gasteiger partial charge is 0.166 e. The average Bonchev–Trinajstić information content (AvgIpc) is 2.84. The number of ketones is 1. The SMILES string of the molecule is CCC(=O)c1ccccc1OCCn1ccnc1C. The zero-order valence-electron chi connectivity index (χ0n) is 11.3. The van der Waals surface area contributed by atoms with Gasteiger partial charge in [0.05, 0.1) is 12.1 Å². The monoisotopic (exact) mass is 258 g/mol. The molecule has 19 heavy (non-hydrogen) atoms. The fraction of sp³-hybridized carbons (Fsp3) is 0.333. The number of para-hydroxylation sites is 1. The fourth-order valence-corrected chi connectivity index (χ4v) is 1.91. The molecule has 0 aliphatic heterocycles. The number of carbonyl (C=O) groups excluding carboxylic acids is 1. The number of nitrogens with zero attached hydrogens (tertiary/aromatic N) is 2. The van der Waals surface area contributed by atoms with Gasteiger partial charge in [-0.05, 0) is 19.1 Å². The molecule has 4 heteroatoms. The van der Waals surface area contributed by atoms with Crippen LogP contribution in [-0.4, -0.2) is 21.9 Å². The van der Waals surface area contributed by atoms with Crippen molar-refractivity contribution < 1.29 is 9.53 Å². The van der Waals surface area contributed by atoms with Crippen molar-refractivity contribution in [3.63, 3.8) is 0 Å². The van der Waals surface area contributed by atoms with Gasteiger partial charge in [-0.2, -0.15) is 0 Å². The summed E-state index contributed by atoms with van der Waals surface area (Å²) in [6, 6.07) is 7.38. The van der Waals surface area contributed by atoms with Gasteiger partial charge in [-0.1, -0.05) is 19.1 Å². The van der Waals surface area contributed by atoms with Gasteiger partial charge in [0, 0.05) is 18.8 Å². The molecular formula is C15H18N2O2. The van der Waals surface area contributed by atoms with Crippen molar-refractivity contribution in [3.05, 3.63) is 48.0 Å². The topological polar surface area (TPSA) is 44.1 Å². The number of hydrogen-bond donors (Lipinski definition) is 0. The lowest BCUT2D eigenvalue weighted by Crippen LogP contribution is -2.10. The summed E-state index contributed by atoms with van der Waals surface area (Å²) in [5, 5.41) is 0. The number of aryl methyl sites for hydroxylation is 1. The van der Waals surface area contributed by atoms with Gasteiger partial charge in [0.15, 0.2) is 5.78 Å². The Morgan fingerprint density at radius 3 is 2.84 bits per heavy atom. The van der Waals surface area contributed by atoms with Gasteiger partial charge in [-0.3, -0.25) is 4.79 Å². The van der Waals surface area contributed by atoms with Crippen LogP contribution >= 0.6 is 0 Å². The number of benzene rings is 1. The molecule has 4 nitrogen and oxygen atoms in total. The van der Waals surface area contributed by atoms with E-state index in [1.165, 1.54) is 0 Å². The van der Waals surface area contributed by atoms with Crippen molar-refractivity contribution in [1.29, 1.82) is 0 Å². The number of hydrogen-bond acceptors (Lipinski definition) is 3. The van der Waals surface area contributed by atoms with E-state index < -0.39 is 0 Å². The molecule has 1 aromatic carbocycles. The van der Waals surface area contributed by atoms with Gasteiger partial charge in [0.1, 0.15) is 18.2 Å². The van der Waals surface area contributed by atoms with E-state index >= 15 is 0 Å². The molecule has 0 radical (unpaired) electrons. The average molecular weight is 258 g/mol. The summed E-state index contributed by atoms with van der Waals surface area (Å²) in [6.45, 7) is 5.05. The lowest BCUT2D eigenvalue weighted by Gasteiger charge is -2.11. The molecule has 0 fully saturated rings. The molecule has 2 rings (SSSR count). The molecule has 0 spiro atoms. The van der Waals surface area contributed by atoms with Crippen molar-refractivity contribution in [2.75, 3.05) is 6.61 Å². The lowest BCUT2D eigenvalue weighted by atomic mass is 10.1. The predicted molar refractivity (Wildman–Crippen MR) is 73.5 cm³/mol. The van der Waals surface area contributed by atoms with Crippen LogP contribution in [0.25, 0.3) is 0 Å². The number of aromatic nitrogens is 2. The second-order valence-electron chi connectivity index (χ2n) is 4.29. The van der Waals surface area contributed by atoms with E-state index in [2.05, 4.69) is 4.98 Å². The van der Waals surface area contributed by atoms with Crippen LogP contribution < -0.4 is 4.74 Å². The Balaban J connectivity index is 2.00. The molecule has 1 heterocycles. The van der Waals surface area contributed by atoms with Gasteiger partial charge >= 0.3 is 0 Å². The van der Waals surface area contributed by atoms with Crippen LogP contribution in [0.15, 0.2) is 36.7 Å². The largest absolute Gasteiger partial charge is 0.491 e. The molecule has 0 aliphatic carbocycles. The summed E-state index contributed by atoms with van der Waals surface area (Å²) < 4.78 is 7.74. The van der Waals surface area contributed by atoms with E-state index in [1.807, 2.05) is 48.9 Å². The maximum Gasteiger partial charge on any atom is 0.166 e. The lowest BCUT2D eigenvalue weighted by molar-refractivity contribution is 0.0984. The van der Waals surface area contributed by atoms with Gasteiger partial charge in [-0.25, -0.2) is 4.98 Å². The summed E-state index contributed by atoms with van der Waals surface area (Å²) in [5.74, 6) is 1.73. The Labute approximate surface area is 113 Å². The molecule has 0 saturated carbocycles. The third kappa shape index (κ3) is 3.22. The molecule has 0 N–H and O–H groups in total. The van der Waals surface area contributed by atoms with E-state index in [-0.39, 0.29) is 5.78 Å². The van der Waals surface area contributed by atoms with Crippen molar-refractivity contribution >= 4 is 5.78 Å². The normalized spacial score (nSPS) is 10.4. The first-order chi connectivity index (χ1) is 9.22. The van der Waals surface area contributed by atoms with Crippen LogP contribution in [0, 0.1) is 6.92 Å². The second kappa shape index (κ2) is 6.18. The minimum atomic E-state index is 0.106. The fourth-order valence-electron chi connectivity index (χ4n) is 1.91. The van der Waals surface area contributed by atoms with Gasteiger partial charge in [-0.15, -0.1) is 0 Å². The predicted octanol–water partition coefficient (Wildman–Crippen LogP) is 2.86. The van der Waals surface area contributed by atoms with Gasteiger partial charge < -0.3 is 9.30 Å². The Morgan fingerprint density at radius 1 is 1.37 bits per heavy atom. The third-order valence-electron chi connectivity index (χ3n) is 3.02. The molecule has 0 unspecified atom stereocenters. The Morgan fingerprint density at radius 2 is 2.16 bits per heavy atom. The van der Waals surface area contributed by atoms with E-state index in [0.29, 0.717) is 24.3 Å². The van der Waals surface area contributed by atoms with Crippen LogP contribution in [0.2, 0.25) is 0 Å². The molecule has 2 aromatic rings. The first-order valence-electron chi connectivity index (χ1n) is 6.45. The number of carbonyl (C=O) groups is 1. The minimum absolute atomic E-state index is 0.106. The van der Waals surface area contributed by atoms with E-state index in [1.54, 1.807) is 6.20 Å². The quantitative estimate of drug-likeness (QED) is 0.748. The second-order valence-corrected chi connectivity index (χ2v) is 4.29. The summed E-state index contributed by atoms with van der Waals surface area (Å²) >= 11 is 0. The Bertz CT molecular complexity index is 561. The van der Waals surface area contributed by atoms with Crippen LogP contribution in [-0.2, 0) is 6.54 Å².